The summed E-state index contributed by atoms with van der Waals surface area (Å²) in [5.74, 6) is 0.910. The molecule has 1 aromatic carbocycles. The molecule has 0 fully saturated rings. The molecule has 0 aliphatic rings. The Labute approximate surface area is 102 Å². The largest absolute Gasteiger partial charge is 0.494 e. The van der Waals surface area contributed by atoms with Crippen molar-refractivity contribution in [3.63, 3.8) is 0 Å². The lowest BCUT2D eigenvalue weighted by Crippen LogP contribution is -1.99. The Morgan fingerprint density at radius 2 is 2.12 bits per heavy atom. The van der Waals surface area contributed by atoms with Gasteiger partial charge in [-0.25, -0.2) is 0 Å². The lowest BCUT2D eigenvalue weighted by atomic mass is 10.2. The zero-order chi connectivity index (χ0) is 12.1. The highest BCUT2D eigenvalue weighted by Gasteiger charge is 2.00. The lowest BCUT2D eigenvalue weighted by molar-refractivity contribution is 0.310. The van der Waals surface area contributed by atoms with Crippen LogP contribution in [0.5, 0.6) is 5.75 Å². The molecule has 0 bridgehead atoms. The van der Waals surface area contributed by atoms with Gasteiger partial charge in [-0.3, -0.25) is 4.98 Å². The van der Waals surface area contributed by atoms with E-state index in [1.165, 1.54) is 0 Å². The number of unbranched alkanes of at least 4 members (excludes halogenated alkanes) is 1. The highest BCUT2D eigenvalue weighted by atomic mass is 16.5. The van der Waals surface area contributed by atoms with Gasteiger partial charge in [0.2, 0.25) is 0 Å². The Kier molecular flexibility index (Phi) is 3.94. The van der Waals surface area contributed by atoms with Crippen LogP contribution in [-0.4, -0.2) is 11.6 Å². The van der Waals surface area contributed by atoms with Gasteiger partial charge >= 0.3 is 0 Å². The van der Waals surface area contributed by atoms with Crippen molar-refractivity contribution in [1.82, 2.24) is 4.98 Å². The van der Waals surface area contributed by atoms with Crippen molar-refractivity contribution in [1.29, 1.82) is 0 Å². The first-order valence-electron chi connectivity index (χ1n) is 6.06. The van der Waals surface area contributed by atoms with E-state index in [1.54, 1.807) is 0 Å². The van der Waals surface area contributed by atoms with Gasteiger partial charge in [0.25, 0.3) is 0 Å². The summed E-state index contributed by atoms with van der Waals surface area (Å²) in [6, 6.07) is 9.97. The van der Waals surface area contributed by atoms with E-state index in [2.05, 4.69) is 11.9 Å². The molecule has 0 radical (unpaired) electrons. The molecular weight excluding hydrogens is 212 g/mol. The minimum absolute atomic E-state index is 0.477. The SMILES string of the molecule is CCCCOc1ccc2nc(CN)ccc2c1. The smallest absolute Gasteiger partial charge is 0.120 e. The third kappa shape index (κ3) is 2.94. The number of nitrogens with two attached hydrogens (primary N) is 1. The first kappa shape index (κ1) is 11.9. The zero-order valence-corrected chi connectivity index (χ0v) is 10.1. The maximum absolute atomic E-state index is 5.66. The molecule has 2 rings (SSSR count). The van der Waals surface area contributed by atoms with Crippen LogP contribution >= 0.6 is 0 Å². The van der Waals surface area contributed by atoms with Crippen LogP contribution in [-0.2, 0) is 6.54 Å². The van der Waals surface area contributed by atoms with Crippen molar-refractivity contribution >= 4 is 10.9 Å². The van der Waals surface area contributed by atoms with Gasteiger partial charge in [-0.05, 0) is 30.7 Å². The minimum Gasteiger partial charge on any atom is -0.494 e. The second kappa shape index (κ2) is 5.64. The predicted octanol–water partition coefficient (Wildman–Crippen LogP) is 2.87. The van der Waals surface area contributed by atoms with Gasteiger partial charge in [0.15, 0.2) is 0 Å². The number of aromatic nitrogens is 1. The Bertz CT molecular complexity index is 497. The number of fused-ring (bicyclic) bond motifs is 1. The van der Waals surface area contributed by atoms with Crippen molar-refractivity contribution in [2.24, 2.45) is 5.73 Å². The Hall–Kier alpha value is -1.61. The molecule has 0 amide bonds. The topological polar surface area (TPSA) is 48.1 Å². The summed E-state index contributed by atoms with van der Waals surface area (Å²) in [6.45, 7) is 3.41. The first-order chi connectivity index (χ1) is 8.33. The van der Waals surface area contributed by atoms with Crippen LogP contribution in [0.4, 0.5) is 0 Å². The van der Waals surface area contributed by atoms with E-state index < -0.39 is 0 Å². The predicted molar refractivity (Wildman–Crippen MR) is 70.0 cm³/mol. The maximum atomic E-state index is 5.66. The van der Waals surface area contributed by atoms with Crippen molar-refractivity contribution in [3.8, 4) is 5.75 Å². The fourth-order valence-corrected chi connectivity index (χ4v) is 1.68. The maximum Gasteiger partial charge on any atom is 0.120 e. The fraction of sp³-hybridized carbons (Fsp3) is 0.357. The average Bonchev–Trinajstić information content (AvgIpc) is 2.38. The van der Waals surface area contributed by atoms with E-state index in [4.69, 9.17) is 10.5 Å². The molecule has 3 nitrogen and oxygen atoms in total. The van der Waals surface area contributed by atoms with Crippen LogP contribution in [0.15, 0.2) is 30.3 Å². The van der Waals surface area contributed by atoms with Gasteiger partial charge in [-0.2, -0.15) is 0 Å². The summed E-state index contributed by atoms with van der Waals surface area (Å²) < 4.78 is 5.66. The first-order valence-corrected chi connectivity index (χ1v) is 6.06. The van der Waals surface area contributed by atoms with Gasteiger partial charge in [0, 0.05) is 11.9 Å². The van der Waals surface area contributed by atoms with Gasteiger partial charge in [0.05, 0.1) is 17.8 Å². The summed E-state index contributed by atoms with van der Waals surface area (Å²) in [5, 5.41) is 1.09. The summed E-state index contributed by atoms with van der Waals surface area (Å²) in [4.78, 5) is 4.45. The van der Waals surface area contributed by atoms with Crippen LogP contribution < -0.4 is 10.5 Å². The van der Waals surface area contributed by atoms with Crippen LogP contribution in [0, 0.1) is 0 Å². The normalized spacial score (nSPS) is 10.7. The Balaban J connectivity index is 2.19. The molecule has 2 aromatic rings. The van der Waals surface area contributed by atoms with Crippen LogP contribution in [0.25, 0.3) is 10.9 Å². The quantitative estimate of drug-likeness (QED) is 0.803. The molecule has 1 heterocycles. The lowest BCUT2D eigenvalue weighted by Gasteiger charge is -2.06. The molecular formula is C14H18N2O. The van der Waals surface area contributed by atoms with Crippen LogP contribution in [0.3, 0.4) is 0 Å². The monoisotopic (exact) mass is 230 g/mol. The van der Waals surface area contributed by atoms with Gasteiger partial charge < -0.3 is 10.5 Å². The van der Waals surface area contributed by atoms with Crippen LogP contribution in [0.1, 0.15) is 25.5 Å². The fourth-order valence-electron chi connectivity index (χ4n) is 1.68. The van der Waals surface area contributed by atoms with Crippen LogP contribution in [0.2, 0.25) is 0 Å². The second-order valence-corrected chi connectivity index (χ2v) is 4.06. The van der Waals surface area contributed by atoms with E-state index in [0.29, 0.717) is 6.54 Å². The third-order valence-electron chi connectivity index (χ3n) is 2.69. The Morgan fingerprint density at radius 1 is 1.24 bits per heavy atom. The second-order valence-electron chi connectivity index (χ2n) is 4.06. The molecule has 90 valence electrons. The number of hydrogen-bond donors (Lipinski definition) is 1. The standard InChI is InChI=1S/C14H18N2O/c1-2-3-8-17-13-6-7-14-11(9-13)4-5-12(10-15)16-14/h4-7,9H,2-3,8,10,15H2,1H3. The molecule has 0 atom stereocenters. The van der Waals surface area contributed by atoms with E-state index in [-0.39, 0.29) is 0 Å². The van der Waals surface area contributed by atoms with E-state index in [0.717, 1.165) is 41.8 Å². The molecule has 0 saturated carbocycles. The summed E-state index contributed by atoms with van der Waals surface area (Å²) >= 11 is 0. The number of rotatable bonds is 5. The van der Waals surface area contributed by atoms with Crippen molar-refractivity contribution < 1.29 is 4.74 Å². The van der Waals surface area contributed by atoms with E-state index in [9.17, 15) is 0 Å². The van der Waals surface area contributed by atoms with Gasteiger partial charge in [-0.1, -0.05) is 19.4 Å². The number of ether oxygens (including phenoxy) is 1. The summed E-state index contributed by atoms with van der Waals surface area (Å²) in [6.07, 6.45) is 2.23. The third-order valence-corrected chi connectivity index (χ3v) is 2.69. The number of hydrogen-bond acceptors (Lipinski definition) is 3. The molecule has 0 spiro atoms. The van der Waals surface area contributed by atoms with Gasteiger partial charge in [0.1, 0.15) is 5.75 Å². The molecule has 2 N–H and O–H groups in total. The molecule has 0 saturated heterocycles. The molecule has 0 unspecified atom stereocenters. The van der Waals surface area contributed by atoms with Crippen molar-refractivity contribution in [2.45, 2.75) is 26.3 Å². The summed E-state index contributed by atoms with van der Waals surface area (Å²) in [5.41, 5.74) is 7.45. The highest BCUT2D eigenvalue weighted by molar-refractivity contribution is 5.80. The van der Waals surface area contributed by atoms with Gasteiger partial charge in [-0.15, -0.1) is 0 Å². The number of nitrogens with zero attached hydrogens (tertiary/aromatic N) is 1. The minimum atomic E-state index is 0.477. The molecule has 0 aliphatic heterocycles. The zero-order valence-electron chi connectivity index (χ0n) is 10.1. The Morgan fingerprint density at radius 3 is 2.88 bits per heavy atom. The van der Waals surface area contributed by atoms with E-state index in [1.807, 2.05) is 30.3 Å². The highest BCUT2D eigenvalue weighted by Crippen LogP contribution is 2.20. The molecule has 3 heteroatoms. The van der Waals surface area contributed by atoms with Crippen molar-refractivity contribution in [2.75, 3.05) is 6.61 Å². The summed E-state index contributed by atoms with van der Waals surface area (Å²) in [7, 11) is 0. The van der Waals surface area contributed by atoms with Crippen molar-refractivity contribution in [3.05, 3.63) is 36.0 Å². The molecule has 0 aliphatic carbocycles. The molecule has 17 heavy (non-hydrogen) atoms. The van der Waals surface area contributed by atoms with E-state index >= 15 is 0 Å². The number of pyridine rings is 1. The number of benzene rings is 1. The average molecular weight is 230 g/mol. The molecule has 1 aromatic heterocycles.